The molecule has 2 heterocycles. The van der Waals surface area contributed by atoms with E-state index in [-0.39, 0.29) is 11.9 Å². The van der Waals surface area contributed by atoms with Gasteiger partial charge < -0.3 is 9.73 Å². The molecule has 0 saturated heterocycles. The van der Waals surface area contributed by atoms with Crippen LogP contribution in [0.5, 0.6) is 0 Å². The monoisotopic (exact) mass is 338 g/mol. The van der Waals surface area contributed by atoms with E-state index in [9.17, 15) is 4.79 Å². The lowest BCUT2D eigenvalue weighted by atomic mass is 10.2. The van der Waals surface area contributed by atoms with Crippen molar-refractivity contribution in [3.05, 3.63) is 72.4 Å². The third-order valence-electron chi connectivity index (χ3n) is 4.01. The summed E-state index contributed by atoms with van der Waals surface area (Å²) in [5.41, 5.74) is 1.85. The molecule has 0 aliphatic carbocycles. The van der Waals surface area contributed by atoms with Crippen LogP contribution in [0.15, 0.2) is 65.5 Å². The standard InChI is InChI=1S/C19H22N4O2/c1-22(2)17(18-9-6-10-25-18)13-20-19(24)11-15-12-21-23(14-15)16-7-4-3-5-8-16/h3-10,12,14,17H,11,13H2,1-2H3,(H,20,24). The molecule has 1 amide bonds. The van der Waals surface area contributed by atoms with Gasteiger partial charge in [0.05, 0.1) is 30.6 Å². The molecule has 3 aromatic rings. The molecular weight excluding hydrogens is 316 g/mol. The average molecular weight is 338 g/mol. The lowest BCUT2D eigenvalue weighted by Crippen LogP contribution is -2.35. The molecule has 1 unspecified atom stereocenters. The highest BCUT2D eigenvalue weighted by atomic mass is 16.3. The average Bonchev–Trinajstić information content (AvgIpc) is 3.28. The van der Waals surface area contributed by atoms with Crippen LogP contribution in [0, 0.1) is 0 Å². The van der Waals surface area contributed by atoms with Gasteiger partial charge in [0.15, 0.2) is 0 Å². The zero-order valence-corrected chi connectivity index (χ0v) is 14.4. The molecule has 0 aliphatic heterocycles. The van der Waals surface area contributed by atoms with Crippen molar-refractivity contribution in [2.24, 2.45) is 0 Å². The molecule has 2 aromatic heterocycles. The molecule has 3 rings (SSSR count). The molecule has 0 saturated carbocycles. The maximum Gasteiger partial charge on any atom is 0.224 e. The van der Waals surface area contributed by atoms with E-state index in [4.69, 9.17) is 4.42 Å². The van der Waals surface area contributed by atoms with E-state index in [2.05, 4.69) is 10.4 Å². The molecule has 130 valence electrons. The minimum atomic E-state index is -0.0361. The summed E-state index contributed by atoms with van der Waals surface area (Å²) in [6.07, 6.45) is 5.55. The third kappa shape index (κ3) is 4.36. The highest BCUT2D eigenvalue weighted by molar-refractivity contribution is 5.78. The number of furan rings is 1. The van der Waals surface area contributed by atoms with Crippen LogP contribution in [0.2, 0.25) is 0 Å². The van der Waals surface area contributed by atoms with Crippen molar-refractivity contribution in [3.63, 3.8) is 0 Å². The molecular formula is C19H22N4O2. The number of hydrogen-bond donors (Lipinski definition) is 1. The Kier molecular flexibility index (Phi) is 5.30. The summed E-state index contributed by atoms with van der Waals surface area (Å²) in [6, 6.07) is 13.6. The molecule has 0 fully saturated rings. The van der Waals surface area contributed by atoms with Gasteiger partial charge in [-0.25, -0.2) is 4.68 Å². The van der Waals surface area contributed by atoms with E-state index in [1.807, 2.05) is 67.7 Å². The first-order valence-electron chi connectivity index (χ1n) is 8.19. The predicted octanol–water partition coefficient (Wildman–Crippen LogP) is 2.43. The van der Waals surface area contributed by atoms with Crippen molar-refractivity contribution in [1.82, 2.24) is 20.0 Å². The van der Waals surface area contributed by atoms with Gasteiger partial charge in [0, 0.05) is 12.7 Å². The Morgan fingerprint density at radius 2 is 2.04 bits per heavy atom. The van der Waals surface area contributed by atoms with E-state index >= 15 is 0 Å². The summed E-state index contributed by atoms with van der Waals surface area (Å²) in [7, 11) is 3.92. The Bertz CT molecular complexity index is 794. The van der Waals surface area contributed by atoms with Crippen LogP contribution in [0.3, 0.4) is 0 Å². The first kappa shape index (κ1) is 17.0. The number of amides is 1. The lowest BCUT2D eigenvalue weighted by Gasteiger charge is -2.22. The SMILES string of the molecule is CN(C)C(CNC(=O)Cc1cnn(-c2ccccc2)c1)c1ccco1. The number of aromatic nitrogens is 2. The number of para-hydroxylation sites is 1. The molecule has 1 N–H and O–H groups in total. The van der Waals surface area contributed by atoms with Crippen LogP contribution < -0.4 is 5.32 Å². The van der Waals surface area contributed by atoms with Crippen LogP contribution in [0.4, 0.5) is 0 Å². The van der Waals surface area contributed by atoms with Gasteiger partial charge in [-0.05, 0) is 43.9 Å². The zero-order chi connectivity index (χ0) is 17.6. The fraction of sp³-hybridized carbons (Fsp3) is 0.263. The van der Waals surface area contributed by atoms with Crippen LogP contribution in [0.1, 0.15) is 17.4 Å². The minimum Gasteiger partial charge on any atom is -0.468 e. The summed E-state index contributed by atoms with van der Waals surface area (Å²) < 4.78 is 7.23. The first-order chi connectivity index (χ1) is 12.1. The second kappa shape index (κ2) is 7.81. The Hall–Kier alpha value is -2.86. The van der Waals surface area contributed by atoms with Gasteiger partial charge in [-0.1, -0.05) is 18.2 Å². The molecule has 1 aromatic carbocycles. The summed E-state index contributed by atoms with van der Waals surface area (Å²) in [5.74, 6) is 0.799. The summed E-state index contributed by atoms with van der Waals surface area (Å²) in [6.45, 7) is 0.492. The molecule has 0 bridgehead atoms. The maximum atomic E-state index is 12.3. The van der Waals surface area contributed by atoms with Gasteiger partial charge >= 0.3 is 0 Å². The fourth-order valence-electron chi connectivity index (χ4n) is 2.65. The van der Waals surface area contributed by atoms with E-state index < -0.39 is 0 Å². The molecule has 0 radical (unpaired) electrons. The van der Waals surface area contributed by atoms with E-state index in [1.54, 1.807) is 17.1 Å². The van der Waals surface area contributed by atoms with Crippen molar-refractivity contribution < 1.29 is 9.21 Å². The Balaban J connectivity index is 1.57. The summed E-state index contributed by atoms with van der Waals surface area (Å²) >= 11 is 0. The van der Waals surface area contributed by atoms with Gasteiger partial charge in [-0.2, -0.15) is 5.10 Å². The second-order valence-corrected chi connectivity index (χ2v) is 6.10. The van der Waals surface area contributed by atoms with Gasteiger partial charge in [0.1, 0.15) is 5.76 Å². The van der Waals surface area contributed by atoms with Gasteiger partial charge in [0.25, 0.3) is 0 Å². The number of likely N-dealkylation sites (N-methyl/N-ethyl adjacent to an activating group) is 1. The molecule has 0 spiro atoms. The minimum absolute atomic E-state index is 0.00555. The number of benzene rings is 1. The number of rotatable bonds is 7. The second-order valence-electron chi connectivity index (χ2n) is 6.10. The van der Waals surface area contributed by atoms with Gasteiger partial charge in [0.2, 0.25) is 5.91 Å². The quantitative estimate of drug-likeness (QED) is 0.719. The van der Waals surface area contributed by atoms with Gasteiger partial charge in [-0.3, -0.25) is 9.69 Å². The van der Waals surface area contributed by atoms with E-state index in [1.165, 1.54) is 0 Å². The van der Waals surface area contributed by atoms with Crippen molar-refractivity contribution >= 4 is 5.91 Å². The highest BCUT2D eigenvalue weighted by Gasteiger charge is 2.18. The normalized spacial score (nSPS) is 12.3. The first-order valence-corrected chi connectivity index (χ1v) is 8.19. The van der Waals surface area contributed by atoms with Crippen LogP contribution in [0.25, 0.3) is 5.69 Å². The predicted molar refractivity (Wildman–Crippen MR) is 95.4 cm³/mol. The molecule has 25 heavy (non-hydrogen) atoms. The van der Waals surface area contributed by atoms with Crippen LogP contribution >= 0.6 is 0 Å². The number of nitrogens with one attached hydrogen (secondary N) is 1. The topological polar surface area (TPSA) is 63.3 Å². The number of nitrogens with zero attached hydrogens (tertiary/aromatic N) is 3. The van der Waals surface area contributed by atoms with Crippen LogP contribution in [-0.2, 0) is 11.2 Å². The Morgan fingerprint density at radius 3 is 2.72 bits per heavy atom. The Labute approximate surface area is 147 Å². The largest absolute Gasteiger partial charge is 0.468 e. The Morgan fingerprint density at radius 1 is 1.24 bits per heavy atom. The number of carbonyl (C=O) groups excluding carboxylic acids is 1. The smallest absolute Gasteiger partial charge is 0.224 e. The zero-order valence-electron chi connectivity index (χ0n) is 14.4. The van der Waals surface area contributed by atoms with Crippen molar-refractivity contribution in [2.75, 3.05) is 20.6 Å². The molecule has 6 nitrogen and oxygen atoms in total. The summed E-state index contributed by atoms with van der Waals surface area (Å²) in [5, 5.41) is 7.29. The van der Waals surface area contributed by atoms with Crippen molar-refractivity contribution in [3.8, 4) is 5.69 Å². The van der Waals surface area contributed by atoms with Crippen molar-refractivity contribution in [1.29, 1.82) is 0 Å². The number of carbonyl (C=O) groups is 1. The highest BCUT2D eigenvalue weighted by Crippen LogP contribution is 2.17. The van der Waals surface area contributed by atoms with Crippen LogP contribution in [-0.4, -0.2) is 41.2 Å². The van der Waals surface area contributed by atoms with E-state index in [0.29, 0.717) is 13.0 Å². The lowest BCUT2D eigenvalue weighted by molar-refractivity contribution is -0.120. The molecule has 6 heteroatoms. The third-order valence-corrected chi connectivity index (χ3v) is 4.01. The maximum absolute atomic E-state index is 12.3. The van der Waals surface area contributed by atoms with Crippen molar-refractivity contribution in [2.45, 2.75) is 12.5 Å². The van der Waals surface area contributed by atoms with E-state index in [0.717, 1.165) is 17.0 Å². The van der Waals surface area contributed by atoms with Gasteiger partial charge in [-0.15, -0.1) is 0 Å². The molecule has 1 atom stereocenters. The fourth-order valence-corrected chi connectivity index (χ4v) is 2.65. The molecule has 0 aliphatic rings. The summed E-state index contributed by atoms with van der Waals surface area (Å²) in [4.78, 5) is 14.3. The number of hydrogen-bond acceptors (Lipinski definition) is 4.